The summed E-state index contributed by atoms with van der Waals surface area (Å²) in [5.74, 6) is 1.27. The molecular weight excluding hydrogens is 382 g/mol. The zero-order valence-corrected chi connectivity index (χ0v) is 17.4. The minimum atomic E-state index is -0.349. The van der Waals surface area contributed by atoms with E-state index in [0.717, 1.165) is 24.3 Å². The highest BCUT2D eigenvalue weighted by Crippen LogP contribution is 2.41. The van der Waals surface area contributed by atoms with E-state index in [0.29, 0.717) is 23.6 Å². The molecule has 30 heavy (non-hydrogen) atoms. The number of benzene rings is 2. The maximum Gasteiger partial charge on any atom is 0.296 e. The van der Waals surface area contributed by atoms with Gasteiger partial charge in [0.05, 0.1) is 18.1 Å². The molecule has 1 N–H and O–H groups in total. The van der Waals surface area contributed by atoms with Crippen molar-refractivity contribution in [1.29, 1.82) is 0 Å². The molecule has 4 rings (SSSR count). The van der Waals surface area contributed by atoms with Crippen LogP contribution in [0.3, 0.4) is 0 Å². The maximum atomic E-state index is 11.6. The number of rotatable bonds is 9. The number of nitro groups is 1. The van der Waals surface area contributed by atoms with E-state index < -0.39 is 0 Å². The van der Waals surface area contributed by atoms with Crippen molar-refractivity contribution in [2.45, 2.75) is 44.2 Å². The molecule has 0 amide bonds. The Morgan fingerprint density at radius 2 is 1.80 bits per heavy atom. The largest absolute Gasteiger partial charge is 0.497 e. The van der Waals surface area contributed by atoms with E-state index in [1.165, 1.54) is 44.8 Å². The highest BCUT2D eigenvalue weighted by Gasteiger charge is 2.43. The summed E-state index contributed by atoms with van der Waals surface area (Å²) in [5.41, 5.74) is 1.88. The molecule has 7 heteroatoms. The fraction of sp³-hybridized carbons (Fsp3) is 0.478. The fourth-order valence-electron chi connectivity index (χ4n) is 4.85. The van der Waals surface area contributed by atoms with Gasteiger partial charge in [-0.15, -0.1) is 0 Å². The predicted molar refractivity (Wildman–Crippen MR) is 116 cm³/mol. The number of nitro benzene ring substituents is 1. The van der Waals surface area contributed by atoms with Crippen LogP contribution in [0.5, 0.6) is 11.5 Å². The highest BCUT2D eigenvalue weighted by atomic mass is 16.6. The normalized spacial score (nSPS) is 17.5. The quantitative estimate of drug-likeness (QED) is 0.480. The number of ether oxygens (including phenoxy) is 2. The van der Waals surface area contributed by atoms with E-state index in [-0.39, 0.29) is 10.6 Å². The van der Waals surface area contributed by atoms with Crippen LogP contribution in [-0.4, -0.2) is 42.1 Å². The van der Waals surface area contributed by atoms with Crippen molar-refractivity contribution in [1.82, 2.24) is 4.90 Å². The summed E-state index contributed by atoms with van der Waals surface area (Å²) in [6, 6.07) is 12.6. The van der Waals surface area contributed by atoms with Gasteiger partial charge < -0.3 is 14.8 Å². The van der Waals surface area contributed by atoms with Crippen LogP contribution < -0.4 is 14.8 Å². The Kier molecular flexibility index (Phi) is 6.08. The van der Waals surface area contributed by atoms with Gasteiger partial charge in [-0.1, -0.05) is 12.1 Å². The summed E-state index contributed by atoms with van der Waals surface area (Å²) in [4.78, 5) is 13.9. The van der Waals surface area contributed by atoms with Crippen LogP contribution in [-0.2, 0) is 6.61 Å². The van der Waals surface area contributed by atoms with Crippen LogP contribution in [0.1, 0.15) is 37.7 Å². The summed E-state index contributed by atoms with van der Waals surface area (Å²) >= 11 is 0. The Morgan fingerprint density at radius 1 is 1.10 bits per heavy atom. The summed E-state index contributed by atoms with van der Waals surface area (Å²) in [7, 11) is 1.62. The minimum Gasteiger partial charge on any atom is -0.497 e. The van der Waals surface area contributed by atoms with Crippen molar-refractivity contribution in [3.63, 3.8) is 0 Å². The van der Waals surface area contributed by atoms with Crippen molar-refractivity contribution in [3.05, 3.63) is 58.1 Å². The molecule has 160 valence electrons. The van der Waals surface area contributed by atoms with Gasteiger partial charge in [0.2, 0.25) is 0 Å². The molecule has 2 heterocycles. The molecule has 2 aromatic rings. The lowest BCUT2D eigenvalue weighted by molar-refractivity contribution is -0.384. The van der Waals surface area contributed by atoms with Crippen molar-refractivity contribution in [2.75, 3.05) is 32.1 Å². The van der Waals surface area contributed by atoms with Gasteiger partial charge in [0.15, 0.2) is 0 Å². The minimum absolute atomic E-state index is 0.0504. The van der Waals surface area contributed by atoms with Crippen LogP contribution in [0.4, 0.5) is 11.4 Å². The first-order valence-electron chi connectivity index (χ1n) is 10.6. The number of anilines is 1. The van der Waals surface area contributed by atoms with Crippen molar-refractivity contribution in [2.24, 2.45) is 0 Å². The van der Waals surface area contributed by atoms with Crippen molar-refractivity contribution >= 4 is 11.4 Å². The molecule has 0 aliphatic carbocycles. The third-order valence-electron chi connectivity index (χ3n) is 6.45. The standard InChI is InChI=1S/C23H29N3O4/c1-29-19-6-4-18(5-7-19)17-30-20-8-9-21(22(16-20)26(27)28)24-13-12-23-10-2-14-25(23)15-3-11-23/h4-9,16,24H,2-3,10-15,17H2,1H3. The summed E-state index contributed by atoms with van der Waals surface area (Å²) in [6.07, 6.45) is 6.05. The Morgan fingerprint density at radius 3 is 2.47 bits per heavy atom. The Labute approximate surface area is 177 Å². The second-order valence-corrected chi connectivity index (χ2v) is 8.17. The smallest absolute Gasteiger partial charge is 0.296 e. The molecule has 0 aromatic heterocycles. The summed E-state index contributed by atoms with van der Waals surface area (Å²) in [5, 5.41) is 14.9. The number of hydrogen-bond donors (Lipinski definition) is 1. The second-order valence-electron chi connectivity index (χ2n) is 8.17. The first kappa shape index (κ1) is 20.5. The Bertz CT molecular complexity index is 875. The zero-order valence-electron chi connectivity index (χ0n) is 17.4. The third kappa shape index (κ3) is 4.36. The third-order valence-corrected chi connectivity index (χ3v) is 6.45. The molecule has 2 fully saturated rings. The number of fused-ring (bicyclic) bond motifs is 1. The van der Waals surface area contributed by atoms with Crippen LogP contribution in [0.2, 0.25) is 0 Å². The predicted octanol–water partition coefficient (Wildman–Crippen LogP) is 4.61. The fourth-order valence-corrected chi connectivity index (χ4v) is 4.85. The zero-order chi connectivity index (χ0) is 21.0. The van der Waals surface area contributed by atoms with E-state index in [1.807, 2.05) is 24.3 Å². The van der Waals surface area contributed by atoms with E-state index in [1.54, 1.807) is 19.2 Å². The van der Waals surface area contributed by atoms with E-state index in [2.05, 4.69) is 10.2 Å². The SMILES string of the molecule is COc1ccc(COc2ccc(NCCC34CCCN3CCC4)c([N+](=O)[O-])c2)cc1. The topological polar surface area (TPSA) is 76.9 Å². The molecule has 0 atom stereocenters. The average molecular weight is 412 g/mol. The van der Waals surface area contributed by atoms with Gasteiger partial charge in [-0.2, -0.15) is 0 Å². The first-order chi connectivity index (χ1) is 14.6. The van der Waals surface area contributed by atoms with Gasteiger partial charge in [-0.25, -0.2) is 0 Å². The molecule has 0 bridgehead atoms. The maximum absolute atomic E-state index is 11.6. The molecule has 2 aliphatic heterocycles. The molecule has 0 radical (unpaired) electrons. The molecule has 2 saturated heterocycles. The summed E-state index contributed by atoms with van der Waals surface area (Å²) in [6.45, 7) is 3.47. The van der Waals surface area contributed by atoms with Gasteiger partial charge in [-0.05, 0) is 75.0 Å². The monoisotopic (exact) mass is 411 g/mol. The molecule has 0 spiro atoms. The van der Waals surface area contributed by atoms with Crippen LogP contribution in [0.25, 0.3) is 0 Å². The molecule has 0 unspecified atom stereocenters. The van der Waals surface area contributed by atoms with Crippen LogP contribution in [0, 0.1) is 10.1 Å². The van der Waals surface area contributed by atoms with E-state index in [9.17, 15) is 10.1 Å². The van der Waals surface area contributed by atoms with Gasteiger partial charge in [0.25, 0.3) is 5.69 Å². The van der Waals surface area contributed by atoms with Gasteiger partial charge in [0, 0.05) is 12.1 Å². The van der Waals surface area contributed by atoms with Gasteiger partial charge >= 0.3 is 0 Å². The molecule has 7 nitrogen and oxygen atoms in total. The lowest BCUT2D eigenvalue weighted by Crippen LogP contribution is -2.39. The van der Waals surface area contributed by atoms with Crippen LogP contribution >= 0.6 is 0 Å². The van der Waals surface area contributed by atoms with Crippen LogP contribution in [0.15, 0.2) is 42.5 Å². The number of methoxy groups -OCH3 is 1. The van der Waals surface area contributed by atoms with Crippen molar-refractivity contribution < 1.29 is 14.4 Å². The number of hydrogen-bond acceptors (Lipinski definition) is 6. The summed E-state index contributed by atoms with van der Waals surface area (Å²) < 4.78 is 10.9. The van der Waals surface area contributed by atoms with E-state index >= 15 is 0 Å². The first-order valence-corrected chi connectivity index (χ1v) is 10.6. The Balaban J connectivity index is 1.37. The Hall–Kier alpha value is -2.80. The average Bonchev–Trinajstić information content (AvgIpc) is 3.33. The second kappa shape index (κ2) is 8.92. The molecule has 2 aliphatic rings. The van der Waals surface area contributed by atoms with Gasteiger partial charge in [0.1, 0.15) is 23.8 Å². The highest BCUT2D eigenvalue weighted by molar-refractivity contribution is 5.63. The van der Waals surface area contributed by atoms with E-state index in [4.69, 9.17) is 9.47 Å². The van der Waals surface area contributed by atoms with Crippen molar-refractivity contribution in [3.8, 4) is 11.5 Å². The molecular formula is C23H29N3O4. The lowest BCUT2D eigenvalue weighted by Gasteiger charge is -2.32. The number of nitrogens with zero attached hydrogens (tertiary/aromatic N) is 2. The molecule has 2 aromatic carbocycles. The lowest BCUT2D eigenvalue weighted by atomic mass is 9.90. The van der Waals surface area contributed by atoms with Gasteiger partial charge in [-0.3, -0.25) is 15.0 Å². The number of nitrogens with one attached hydrogen (secondary N) is 1. The molecule has 0 saturated carbocycles.